The molecule has 0 saturated carbocycles. The molecule has 2 aromatic rings. The third-order valence-electron chi connectivity index (χ3n) is 4.76. The normalized spacial score (nSPS) is 11.7. The Morgan fingerprint density at radius 2 is 1.87 bits per heavy atom. The number of hydrogen-bond donors (Lipinski definition) is 2. The minimum Gasteiger partial charge on any atom is -0.481 e. The highest BCUT2D eigenvalue weighted by Crippen LogP contribution is 2.29. The summed E-state index contributed by atoms with van der Waals surface area (Å²) in [5, 5.41) is 13.1. The van der Waals surface area contributed by atoms with Gasteiger partial charge in [-0.2, -0.15) is 0 Å². The number of para-hydroxylation sites is 1. The summed E-state index contributed by atoms with van der Waals surface area (Å²) in [6, 6.07) is 5.76. The second-order valence-corrected chi connectivity index (χ2v) is 5.98. The molecule has 2 N–H and O–H groups in total. The number of carbonyl (C=O) groups excluding carboxylic acids is 1. The largest absolute Gasteiger partial charge is 0.481 e. The molecule has 1 aromatic carbocycles. The first-order valence-electron chi connectivity index (χ1n) is 7.86. The van der Waals surface area contributed by atoms with Gasteiger partial charge >= 0.3 is 5.97 Å². The van der Waals surface area contributed by atoms with Gasteiger partial charge in [-0.05, 0) is 32.3 Å². The molecule has 0 aliphatic heterocycles. The highest BCUT2D eigenvalue weighted by atomic mass is 16.4. The van der Waals surface area contributed by atoms with Crippen molar-refractivity contribution in [3.8, 4) is 0 Å². The smallest absolute Gasteiger partial charge is 0.311 e. The van der Waals surface area contributed by atoms with Crippen LogP contribution in [0.1, 0.15) is 48.4 Å². The lowest BCUT2D eigenvalue weighted by molar-refractivity contribution is -0.149. The van der Waals surface area contributed by atoms with Crippen LogP contribution in [0.15, 0.2) is 22.6 Å². The SMILES string of the molecule is CCC(CC)(CNC(=O)c1oc2c(C)cccc2c1C)C(=O)O. The Labute approximate surface area is 135 Å². The zero-order valence-electron chi connectivity index (χ0n) is 14.0. The Kier molecular flexibility index (Phi) is 4.78. The molecule has 1 heterocycles. The van der Waals surface area contributed by atoms with Crippen LogP contribution < -0.4 is 5.32 Å². The van der Waals surface area contributed by atoms with Gasteiger partial charge in [0.2, 0.25) is 0 Å². The molecule has 0 radical (unpaired) electrons. The number of rotatable bonds is 6. The molecule has 0 aliphatic rings. The van der Waals surface area contributed by atoms with E-state index in [0.29, 0.717) is 18.4 Å². The van der Waals surface area contributed by atoms with E-state index in [4.69, 9.17) is 4.42 Å². The number of carbonyl (C=O) groups is 2. The maximum Gasteiger partial charge on any atom is 0.311 e. The number of carboxylic acids is 1. The molecule has 23 heavy (non-hydrogen) atoms. The van der Waals surface area contributed by atoms with Crippen LogP contribution in [0, 0.1) is 19.3 Å². The van der Waals surface area contributed by atoms with Gasteiger partial charge in [-0.3, -0.25) is 9.59 Å². The average Bonchev–Trinajstić information content (AvgIpc) is 2.87. The quantitative estimate of drug-likeness (QED) is 0.852. The standard InChI is InChI=1S/C18H23NO4/c1-5-18(6-2,17(21)22)10-19-16(20)15-12(4)13-9-7-8-11(3)14(13)23-15/h7-9H,5-6,10H2,1-4H3,(H,19,20)(H,21,22). The zero-order chi connectivity index (χ0) is 17.2. The van der Waals surface area contributed by atoms with E-state index in [1.54, 1.807) is 0 Å². The minimum atomic E-state index is -0.939. The van der Waals surface area contributed by atoms with Crippen LogP contribution in [0.4, 0.5) is 0 Å². The van der Waals surface area contributed by atoms with Gasteiger partial charge < -0.3 is 14.8 Å². The van der Waals surface area contributed by atoms with Gasteiger partial charge in [-0.15, -0.1) is 0 Å². The molecule has 1 aromatic heterocycles. The lowest BCUT2D eigenvalue weighted by Crippen LogP contribution is -2.42. The summed E-state index contributed by atoms with van der Waals surface area (Å²) >= 11 is 0. The fourth-order valence-electron chi connectivity index (χ4n) is 2.81. The Hall–Kier alpha value is -2.30. The van der Waals surface area contributed by atoms with Crippen LogP contribution in [0.25, 0.3) is 11.0 Å². The van der Waals surface area contributed by atoms with Crippen molar-refractivity contribution in [2.45, 2.75) is 40.5 Å². The van der Waals surface area contributed by atoms with Crippen LogP contribution in [0.3, 0.4) is 0 Å². The van der Waals surface area contributed by atoms with E-state index in [0.717, 1.165) is 16.5 Å². The number of benzene rings is 1. The first-order chi connectivity index (χ1) is 10.9. The highest BCUT2D eigenvalue weighted by molar-refractivity contribution is 5.99. The minimum absolute atomic E-state index is 0.0869. The Morgan fingerprint density at radius 3 is 2.39 bits per heavy atom. The first kappa shape index (κ1) is 17.1. The average molecular weight is 317 g/mol. The third-order valence-corrected chi connectivity index (χ3v) is 4.76. The Morgan fingerprint density at radius 1 is 1.22 bits per heavy atom. The van der Waals surface area contributed by atoms with Crippen molar-refractivity contribution in [3.63, 3.8) is 0 Å². The maximum atomic E-state index is 12.4. The molecule has 124 valence electrons. The fourth-order valence-corrected chi connectivity index (χ4v) is 2.81. The third kappa shape index (κ3) is 2.96. The summed E-state index contributed by atoms with van der Waals surface area (Å²) in [6.45, 7) is 7.49. The van der Waals surface area contributed by atoms with E-state index in [-0.39, 0.29) is 18.2 Å². The molecule has 0 fully saturated rings. The molecule has 5 nitrogen and oxygen atoms in total. The molecular weight excluding hydrogens is 294 g/mol. The molecule has 0 aliphatic carbocycles. The second-order valence-electron chi connectivity index (χ2n) is 5.98. The van der Waals surface area contributed by atoms with Gasteiger partial charge in [0, 0.05) is 17.5 Å². The van der Waals surface area contributed by atoms with Crippen molar-refractivity contribution in [1.82, 2.24) is 5.32 Å². The van der Waals surface area contributed by atoms with Crippen molar-refractivity contribution < 1.29 is 19.1 Å². The molecule has 1 amide bonds. The van der Waals surface area contributed by atoms with Crippen LogP contribution in [0.2, 0.25) is 0 Å². The molecule has 5 heteroatoms. The number of amides is 1. The molecule has 0 unspecified atom stereocenters. The van der Waals surface area contributed by atoms with E-state index in [1.807, 2.05) is 45.9 Å². The highest BCUT2D eigenvalue weighted by Gasteiger charge is 2.35. The summed E-state index contributed by atoms with van der Waals surface area (Å²) in [5.41, 5.74) is 1.50. The van der Waals surface area contributed by atoms with Crippen LogP contribution >= 0.6 is 0 Å². The van der Waals surface area contributed by atoms with Crippen molar-refractivity contribution >= 4 is 22.8 Å². The van der Waals surface area contributed by atoms with Crippen LogP contribution in [0.5, 0.6) is 0 Å². The number of furan rings is 1. The van der Waals surface area contributed by atoms with Gasteiger partial charge in [-0.25, -0.2) is 0 Å². The van der Waals surface area contributed by atoms with Crippen molar-refractivity contribution in [3.05, 3.63) is 35.1 Å². The van der Waals surface area contributed by atoms with Gasteiger partial charge in [0.1, 0.15) is 5.58 Å². The number of fused-ring (bicyclic) bond motifs is 1. The molecule has 0 bridgehead atoms. The second kappa shape index (κ2) is 6.44. The summed E-state index contributed by atoms with van der Waals surface area (Å²) in [7, 11) is 0. The van der Waals surface area contributed by atoms with Crippen LogP contribution in [-0.2, 0) is 4.79 Å². The topological polar surface area (TPSA) is 79.5 Å². The van der Waals surface area contributed by atoms with Gasteiger partial charge in [0.15, 0.2) is 5.76 Å². The van der Waals surface area contributed by atoms with E-state index in [1.165, 1.54) is 0 Å². The van der Waals surface area contributed by atoms with Gasteiger partial charge in [0.25, 0.3) is 5.91 Å². The zero-order valence-corrected chi connectivity index (χ0v) is 14.0. The van der Waals surface area contributed by atoms with Gasteiger partial charge in [-0.1, -0.05) is 32.0 Å². The van der Waals surface area contributed by atoms with E-state index >= 15 is 0 Å². The summed E-state index contributed by atoms with van der Waals surface area (Å²) in [4.78, 5) is 24.0. The molecule has 0 saturated heterocycles. The Bertz CT molecular complexity index is 741. The number of hydrogen-bond acceptors (Lipinski definition) is 3. The predicted molar refractivity (Wildman–Crippen MR) is 88.7 cm³/mol. The summed E-state index contributed by atoms with van der Waals surface area (Å²) < 4.78 is 5.72. The number of aryl methyl sites for hydroxylation is 2. The van der Waals surface area contributed by atoms with Crippen molar-refractivity contribution in [2.75, 3.05) is 6.54 Å². The van der Waals surface area contributed by atoms with E-state index < -0.39 is 11.4 Å². The first-order valence-corrected chi connectivity index (χ1v) is 7.86. The molecule has 2 rings (SSSR count). The monoisotopic (exact) mass is 317 g/mol. The maximum absolute atomic E-state index is 12.4. The lowest BCUT2D eigenvalue weighted by Gasteiger charge is -2.26. The van der Waals surface area contributed by atoms with Crippen LogP contribution in [-0.4, -0.2) is 23.5 Å². The Balaban J connectivity index is 2.26. The number of nitrogens with one attached hydrogen (secondary N) is 1. The lowest BCUT2D eigenvalue weighted by atomic mass is 9.82. The summed E-state index contributed by atoms with van der Waals surface area (Å²) in [6.07, 6.45) is 0.911. The van der Waals surface area contributed by atoms with Gasteiger partial charge in [0.05, 0.1) is 5.41 Å². The van der Waals surface area contributed by atoms with Crippen molar-refractivity contribution in [1.29, 1.82) is 0 Å². The molecule has 0 atom stereocenters. The molecular formula is C18H23NO4. The predicted octanol–water partition coefficient (Wildman–Crippen LogP) is 3.67. The van der Waals surface area contributed by atoms with E-state index in [2.05, 4.69) is 5.32 Å². The summed E-state index contributed by atoms with van der Waals surface area (Å²) in [5.74, 6) is -1.01. The van der Waals surface area contributed by atoms with E-state index in [9.17, 15) is 14.7 Å². The fraction of sp³-hybridized carbons (Fsp3) is 0.444. The van der Waals surface area contributed by atoms with Crippen molar-refractivity contribution in [2.24, 2.45) is 5.41 Å². The number of carboxylic acid groups (broad SMARTS) is 1. The molecule has 0 spiro atoms. The number of aliphatic carboxylic acids is 1.